The fourth-order valence-corrected chi connectivity index (χ4v) is 3.82. The lowest BCUT2D eigenvalue weighted by Crippen LogP contribution is -2.53. The SMILES string of the molecule is O=C([C@@H]1CCCN(c2ncccn2)C1)N1CCN(C2CC2)CC1. The van der Waals surface area contributed by atoms with E-state index >= 15 is 0 Å². The van der Waals surface area contributed by atoms with Crippen molar-refractivity contribution in [1.29, 1.82) is 0 Å². The number of hydrogen-bond acceptors (Lipinski definition) is 5. The van der Waals surface area contributed by atoms with E-state index in [0.717, 1.165) is 64.1 Å². The molecule has 6 heteroatoms. The number of carbonyl (C=O) groups excluding carboxylic acids is 1. The smallest absolute Gasteiger partial charge is 0.227 e. The van der Waals surface area contributed by atoms with Crippen LogP contribution in [0.1, 0.15) is 25.7 Å². The molecule has 124 valence electrons. The molecule has 6 nitrogen and oxygen atoms in total. The van der Waals surface area contributed by atoms with Crippen molar-refractivity contribution >= 4 is 11.9 Å². The van der Waals surface area contributed by atoms with Crippen LogP contribution in [-0.4, -0.2) is 71.0 Å². The topological polar surface area (TPSA) is 52.6 Å². The predicted molar refractivity (Wildman–Crippen MR) is 88.1 cm³/mol. The second kappa shape index (κ2) is 6.43. The Morgan fingerprint density at radius 1 is 1.00 bits per heavy atom. The van der Waals surface area contributed by atoms with Crippen molar-refractivity contribution in [2.45, 2.75) is 31.7 Å². The number of amides is 1. The fraction of sp³-hybridized carbons (Fsp3) is 0.706. The summed E-state index contributed by atoms with van der Waals surface area (Å²) in [7, 11) is 0. The molecule has 1 aromatic heterocycles. The van der Waals surface area contributed by atoms with E-state index in [9.17, 15) is 4.79 Å². The van der Waals surface area contributed by atoms with Gasteiger partial charge in [0.25, 0.3) is 0 Å². The average molecular weight is 315 g/mol. The van der Waals surface area contributed by atoms with Crippen molar-refractivity contribution < 1.29 is 4.79 Å². The molecular formula is C17H25N5O. The number of anilines is 1. The van der Waals surface area contributed by atoms with Gasteiger partial charge in [-0.2, -0.15) is 0 Å². The van der Waals surface area contributed by atoms with E-state index in [2.05, 4.69) is 24.7 Å². The first-order valence-corrected chi connectivity index (χ1v) is 8.86. The lowest BCUT2D eigenvalue weighted by molar-refractivity contribution is -0.137. The van der Waals surface area contributed by atoms with Gasteiger partial charge in [-0.15, -0.1) is 0 Å². The molecule has 1 aromatic rings. The molecular weight excluding hydrogens is 290 g/mol. The molecule has 3 aliphatic rings. The van der Waals surface area contributed by atoms with Gasteiger partial charge in [0.05, 0.1) is 5.92 Å². The summed E-state index contributed by atoms with van der Waals surface area (Å²) >= 11 is 0. The highest BCUT2D eigenvalue weighted by Gasteiger charge is 2.35. The van der Waals surface area contributed by atoms with Gasteiger partial charge < -0.3 is 9.80 Å². The Bertz CT molecular complexity index is 539. The first kappa shape index (κ1) is 14.9. The largest absolute Gasteiger partial charge is 0.340 e. The first-order chi connectivity index (χ1) is 11.3. The normalized spacial score (nSPS) is 26.3. The van der Waals surface area contributed by atoms with Crippen LogP contribution in [-0.2, 0) is 4.79 Å². The molecule has 3 fully saturated rings. The zero-order chi connectivity index (χ0) is 15.6. The Hall–Kier alpha value is -1.69. The average Bonchev–Trinajstić information content (AvgIpc) is 3.47. The second-order valence-electron chi connectivity index (χ2n) is 6.93. The van der Waals surface area contributed by atoms with Gasteiger partial charge in [-0.3, -0.25) is 9.69 Å². The lowest BCUT2D eigenvalue weighted by Gasteiger charge is -2.39. The van der Waals surface area contributed by atoms with Crippen LogP contribution in [0.4, 0.5) is 5.95 Å². The molecule has 0 spiro atoms. The van der Waals surface area contributed by atoms with Crippen LogP contribution >= 0.6 is 0 Å². The van der Waals surface area contributed by atoms with E-state index in [1.807, 2.05) is 6.07 Å². The van der Waals surface area contributed by atoms with Crippen LogP contribution in [0.25, 0.3) is 0 Å². The molecule has 4 rings (SSSR count). The first-order valence-electron chi connectivity index (χ1n) is 8.86. The van der Waals surface area contributed by atoms with Crippen molar-refractivity contribution in [2.75, 3.05) is 44.2 Å². The van der Waals surface area contributed by atoms with E-state index in [1.165, 1.54) is 12.8 Å². The minimum absolute atomic E-state index is 0.0973. The molecule has 2 aliphatic heterocycles. The Balaban J connectivity index is 1.34. The van der Waals surface area contributed by atoms with Crippen molar-refractivity contribution in [3.8, 4) is 0 Å². The van der Waals surface area contributed by atoms with Crippen molar-refractivity contribution in [1.82, 2.24) is 19.8 Å². The van der Waals surface area contributed by atoms with Crippen LogP contribution in [0.15, 0.2) is 18.5 Å². The molecule has 1 atom stereocenters. The minimum atomic E-state index is 0.0973. The molecule has 3 heterocycles. The van der Waals surface area contributed by atoms with Gasteiger partial charge in [-0.25, -0.2) is 9.97 Å². The van der Waals surface area contributed by atoms with E-state index in [4.69, 9.17) is 0 Å². The zero-order valence-corrected chi connectivity index (χ0v) is 13.6. The van der Waals surface area contributed by atoms with Crippen LogP contribution in [0, 0.1) is 5.92 Å². The summed E-state index contributed by atoms with van der Waals surface area (Å²) in [5, 5.41) is 0. The van der Waals surface area contributed by atoms with E-state index in [1.54, 1.807) is 12.4 Å². The number of aromatic nitrogens is 2. The van der Waals surface area contributed by atoms with Crippen molar-refractivity contribution in [3.05, 3.63) is 18.5 Å². The summed E-state index contributed by atoms with van der Waals surface area (Å²) in [6.07, 6.45) is 8.27. The Morgan fingerprint density at radius 3 is 2.43 bits per heavy atom. The lowest BCUT2D eigenvalue weighted by atomic mass is 9.96. The summed E-state index contributed by atoms with van der Waals surface area (Å²) in [6.45, 7) is 5.60. The number of rotatable bonds is 3. The van der Waals surface area contributed by atoms with Crippen LogP contribution in [0.3, 0.4) is 0 Å². The van der Waals surface area contributed by atoms with E-state index in [0.29, 0.717) is 5.91 Å². The van der Waals surface area contributed by atoms with Crippen molar-refractivity contribution in [3.63, 3.8) is 0 Å². The van der Waals surface area contributed by atoms with Gasteiger partial charge in [-0.05, 0) is 31.7 Å². The Labute approximate surface area is 137 Å². The monoisotopic (exact) mass is 315 g/mol. The van der Waals surface area contributed by atoms with Crippen LogP contribution in [0.2, 0.25) is 0 Å². The highest BCUT2D eigenvalue weighted by atomic mass is 16.2. The number of hydrogen-bond donors (Lipinski definition) is 0. The maximum absolute atomic E-state index is 12.9. The summed E-state index contributed by atoms with van der Waals surface area (Å²) < 4.78 is 0. The molecule has 0 radical (unpaired) electrons. The predicted octanol–water partition coefficient (Wildman–Crippen LogP) is 1.000. The third kappa shape index (κ3) is 3.32. The van der Waals surface area contributed by atoms with Gasteiger partial charge in [0.15, 0.2) is 0 Å². The second-order valence-corrected chi connectivity index (χ2v) is 6.93. The molecule has 0 N–H and O–H groups in total. The fourth-order valence-electron chi connectivity index (χ4n) is 3.82. The van der Waals surface area contributed by atoms with Gasteiger partial charge in [0.1, 0.15) is 0 Å². The Morgan fingerprint density at radius 2 is 1.74 bits per heavy atom. The van der Waals surface area contributed by atoms with Crippen molar-refractivity contribution in [2.24, 2.45) is 5.92 Å². The molecule has 0 aromatic carbocycles. The maximum Gasteiger partial charge on any atom is 0.227 e. The third-order valence-electron chi connectivity index (χ3n) is 5.29. The summed E-state index contributed by atoms with van der Waals surface area (Å²) in [6, 6.07) is 2.64. The van der Waals surface area contributed by atoms with E-state index < -0.39 is 0 Å². The highest BCUT2D eigenvalue weighted by Crippen LogP contribution is 2.28. The van der Waals surface area contributed by atoms with Crippen LogP contribution in [0.5, 0.6) is 0 Å². The summed E-state index contributed by atoms with van der Waals surface area (Å²) in [4.78, 5) is 28.3. The van der Waals surface area contributed by atoms with Gasteiger partial charge in [-0.1, -0.05) is 0 Å². The van der Waals surface area contributed by atoms with Gasteiger partial charge in [0.2, 0.25) is 11.9 Å². The Kier molecular flexibility index (Phi) is 4.16. The molecule has 1 amide bonds. The number of piperazine rings is 1. The number of nitrogens with zero attached hydrogens (tertiary/aromatic N) is 5. The molecule has 2 saturated heterocycles. The minimum Gasteiger partial charge on any atom is -0.340 e. The summed E-state index contributed by atoms with van der Waals surface area (Å²) in [5.74, 6) is 1.18. The molecule has 1 saturated carbocycles. The standard InChI is InChI=1S/C17H25N5O/c23-16(21-11-9-20(10-12-21)15-4-5-15)14-3-1-8-22(13-14)17-18-6-2-7-19-17/h2,6-7,14-15H,1,3-5,8-13H2/t14-/m1/s1. The zero-order valence-electron chi connectivity index (χ0n) is 13.6. The van der Waals surface area contributed by atoms with Gasteiger partial charge in [0, 0.05) is 57.7 Å². The highest BCUT2D eigenvalue weighted by molar-refractivity contribution is 5.79. The van der Waals surface area contributed by atoms with Crippen LogP contribution < -0.4 is 4.90 Å². The summed E-state index contributed by atoms with van der Waals surface area (Å²) in [5.41, 5.74) is 0. The maximum atomic E-state index is 12.9. The molecule has 1 aliphatic carbocycles. The van der Waals surface area contributed by atoms with E-state index in [-0.39, 0.29) is 5.92 Å². The third-order valence-corrected chi connectivity index (χ3v) is 5.29. The molecule has 0 unspecified atom stereocenters. The molecule has 23 heavy (non-hydrogen) atoms. The number of piperidine rings is 1. The molecule has 0 bridgehead atoms. The number of carbonyl (C=O) groups is 1. The van der Waals surface area contributed by atoms with Gasteiger partial charge >= 0.3 is 0 Å². The quantitative estimate of drug-likeness (QED) is 0.833.